The minimum atomic E-state index is -1.16. The molecular formula is C15H16ClF2NO4. The number of alkyl halides is 1. The molecule has 5 nitrogen and oxygen atoms in total. The van der Waals surface area contributed by atoms with Gasteiger partial charge in [-0.3, -0.25) is 4.90 Å². The normalized spacial score (nSPS) is 17.0. The fourth-order valence-corrected chi connectivity index (χ4v) is 2.44. The van der Waals surface area contributed by atoms with Gasteiger partial charge in [0.25, 0.3) is 0 Å². The summed E-state index contributed by atoms with van der Waals surface area (Å²) >= 11 is 5.36. The van der Waals surface area contributed by atoms with Gasteiger partial charge < -0.3 is 9.47 Å². The molecule has 2 rings (SSSR count). The van der Waals surface area contributed by atoms with Crippen LogP contribution in [-0.2, 0) is 20.7 Å². The summed E-state index contributed by atoms with van der Waals surface area (Å²) in [6.45, 7) is 4.96. The number of amides is 1. The van der Waals surface area contributed by atoms with E-state index in [9.17, 15) is 18.4 Å². The van der Waals surface area contributed by atoms with Crippen LogP contribution in [0.15, 0.2) is 12.1 Å². The Morgan fingerprint density at radius 1 is 1.35 bits per heavy atom. The number of benzene rings is 1. The molecule has 0 aromatic heterocycles. The number of halogens is 3. The molecule has 8 heteroatoms. The molecule has 0 fully saturated rings. The average molecular weight is 348 g/mol. The largest absolute Gasteiger partial charge is 0.448 e. The topological polar surface area (TPSA) is 55.8 Å². The molecule has 1 aromatic carbocycles. The first-order valence-electron chi connectivity index (χ1n) is 6.87. The zero-order chi connectivity index (χ0) is 17.4. The molecule has 0 aliphatic carbocycles. The fourth-order valence-electron chi connectivity index (χ4n) is 2.33. The Labute approximate surface area is 137 Å². The first-order valence-corrected chi connectivity index (χ1v) is 7.41. The average Bonchev–Trinajstić information content (AvgIpc) is 2.81. The standard InChI is InChI=1S/C15H16ClF2NO4/c1-15(2,3)23-14(21)19-10-5-4-9(17)12(18)8(10)6-11(19)13(20)22-7-16/h4-5,11H,6-7H2,1-3H3. The molecule has 1 atom stereocenters. The molecule has 1 aliphatic rings. The molecule has 23 heavy (non-hydrogen) atoms. The van der Waals surface area contributed by atoms with Crippen LogP contribution in [0.1, 0.15) is 26.3 Å². The predicted molar refractivity (Wildman–Crippen MR) is 79.4 cm³/mol. The Morgan fingerprint density at radius 2 is 2.00 bits per heavy atom. The Morgan fingerprint density at radius 3 is 2.57 bits per heavy atom. The zero-order valence-electron chi connectivity index (χ0n) is 12.9. The third-order valence-corrected chi connectivity index (χ3v) is 3.31. The highest BCUT2D eigenvalue weighted by atomic mass is 35.5. The number of carbonyl (C=O) groups is 2. The number of hydrogen-bond acceptors (Lipinski definition) is 4. The van der Waals surface area contributed by atoms with E-state index in [1.165, 1.54) is 6.07 Å². The molecule has 0 radical (unpaired) electrons. The van der Waals surface area contributed by atoms with Crippen molar-refractivity contribution in [1.82, 2.24) is 0 Å². The second-order valence-electron chi connectivity index (χ2n) is 6.00. The van der Waals surface area contributed by atoms with Crippen LogP contribution in [0.2, 0.25) is 0 Å². The fraction of sp³-hybridized carbons (Fsp3) is 0.467. The van der Waals surface area contributed by atoms with Crippen molar-refractivity contribution in [3.8, 4) is 0 Å². The van der Waals surface area contributed by atoms with E-state index < -0.39 is 41.4 Å². The number of carbonyl (C=O) groups excluding carboxylic acids is 2. The summed E-state index contributed by atoms with van der Waals surface area (Å²) in [6.07, 6.45) is -1.06. The van der Waals surface area contributed by atoms with Gasteiger partial charge in [0, 0.05) is 12.0 Å². The Hall–Kier alpha value is -1.89. The first-order chi connectivity index (χ1) is 10.7. The van der Waals surface area contributed by atoms with Gasteiger partial charge >= 0.3 is 12.1 Å². The van der Waals surface area contributed by atoms with Crippen LogP contribution in [0.25, 0.3) is 0 Å². The van der Waals surface area contributed by atoms with Gasteiger partial charge in [-0.25, -0.2) is 18.4 Å². The molecule has 1 unspecified atom stereocenters. The molecule has 0 saturated carbocycles. The summed E-state index contributed by atoms with van der Waals surface area (Å²) in [7, 11) is 0. The minimum Gasteiger partial charge on any atom is -0.448 e. The summed E-state index contributed by atoms with van der Waals surface area (Å²) < 4.78 is 37.3. The number of ether oxygens (including phenoxy) is 2. The molecule has 0 spiro atoms. The number of hydrogen-bond donors (Lipinski definition) is 0. The lowest BCUT2D eigenvalue weighted by molar-refractivity contribution is -0.143. The lowest BCUT2D eigenvalue weighted by Crippen LogP contribution is -2.46. The maximum Gasteiger partial charge on any atom is 0.415 e. The Bertz CT molecular complexity index is 645. The van der Waals surface area contributed by atoms with Crippen molar-refractivity contribution >= 4 is 29.4 Å². The van der Waals surface area contributed by atoms with Gasteiger partial charge in [0.1, 0.15) is 11.6 Å². The molecule has 0 N–H and O–H groups in total. The van der Waals surface area contributed by atoms with Crippen LogP contribution < -0.4 is 4.90 Å². The monoisotopic (exact) mass is 347 g/mol. The van der Waals surface area contributed by atoms with E-state index in [2.05, 4.69) is 0 Å². The van der Waals surface area contributed by atoms with Gasteiger partial charge in [0.15, 0.2) is 17.7 Å². The quantitative estimate of drug-likeness (QED) is 0.608. The summed E-state index contributed by atoms with van der Waals surface area (Å²) in [5.41, 5.74) is -0.818. The molecule has 126 valence electrons. The van der Waals surface area contributed by atoms with Crippen LogP contribution in [0.4, 0.5) is 19.3 Å². The zero-order valence-corrected chi connectivity index (χ0v) is 13.6. The van der Waals surface area contributed by atoms with Crippen molar-refractivity contribution in [2.24, 2.45) is 0 Å². The maximum atomic E-state index is 14.0. The molecule has 1 aliphatic heterocycles. The lowest BCUT2D eigenvalue weighted by atomic mass is 10.1. The summed E-state index contributed by atoms with van der Waals surface area (Å²) in [4.78, 5) is 25.4. The highest BCUT2D eigenvalue weighted by Gasteiger charge is 2.43. The third kappa shape index (κ3) is 3.55. The van der Waals surface area contributed by atoms with Crippen LogP contribution in [0.3, 0.4) is 0 Å². The molecule has 1 heterocycles. The van der Waals surface area contributed by atoms with Crippen molar-refractivity contribution < 1.29 is 27.8 Å². The van der Waals surface area contributed by atoms with Gasteiger partial charge in [0.2, 0.25) is 0 Å². The Balaban J connectivity index is 2.43. The van der Waals surface area contributed by atoms with Gasteiger partial charge in [0.05, 0.1) is 5.69 Å². The predicted octanol–water partition coefficient (Wildman–Crippen LogP) is 3.37. The van der Waals surface area contributed by atoms with E-state index >= 15 is 0 Å². The smallest absolute Gasteiger partial charge is 0.415 e. The van der Waals surface area contributed by atoms with Gasteiger partial charge in [-0.05, 0) is 32.9 Å². The van der Waals surface area contributed by atoms with Crippen LogP contribution in [0, 0.1) is 11.6 Å². The van der Waals surface area contributed by atoms with Gasteiger partial charge in [-0.1, -0.05) is 11.6 Å². The lowest BCUT2D eigenvalue weighted by Gasteiger charge is -2.28. The summed E-state index contributed by atoms with van der Waals surface area (Å²) in [5, 5.41) is 0. The van der Waals surface area contributed by atoms with E-state index in [-0.39, 0.29) is 17.7 Å². The van der Waals surface area contributed by atoms with E-state index in [1.54, 1.807) is 20.8 Å². The van der Waals surface area contributed by atoms with E-state index in [1.807, 2.05) is 0 Å². The highest BCUT2D eigenvalue weighted by Crippen LogP contribution is 2.36. The van der Waals surface area contributed by atoms with E-state index in [0.29, 0.717) is 0 Å². The van der Waals surface area contributed by atoms with Crippen molar-refractivity contribution in [2.45, 2.75) is 38.8 Å². The molecular weight excluding hydrogens is 332 g/mol. The second kappa shape index (κ2) is 6.31. The van der Waals surface area contributed by atoms with Crippen molar-refractivity contribution in [3.63, 3.8) is 0 Å². The number of esters is 1. The molecule has 0 saturated heterocycles. The van der Waals surface area contributed by atoms with Crippen LogP contribution in [0.5, 0.6) is 0 Å². The Kier molecular flexibility index (Phi) is 4.79. The highest BCUT2D eigenvalue weighted by molar-refractivity contribution is 6.17. The van der Waals surface area contributed by atoms with E-state index in [4.69, 9.17) is 21.1 Å². The van der Waals surface area contributed by atoms with E-state index in [0.717, 1.165) is 11.0 Å². The number of nitrogens with zero attached hydrogens (tertiary/aromatic N) is 1. The number of fused-ring (bicyclic) bond motifs is 1. The molecule has 0 bridgehead atoms. The molecule has 1 amide bonds. The number of anilines is 1. The third-order valence-electron chi connectivity index (χ3n) is 3.20. The van der Waals surface area contributed by atoms with Gasteiger partial charge in [-0.15, -0.1) is 0 Å². The van der Waals surface area contributed by atoms with Crippen molar-refractivity contribution in [2.75, 3.05) is 11.0 Å². The summed E-state index contributed by atoms with van der Waals surface area (Å²) in [5.74, 6) is -2.97. The van der Waals surface area contributed by atoms with Crippen LogP contribution >= 0.6 is 11.6 Å². The maximum absolute atomic E-state index is 14.0. The summed E-state index contributed by atoms with van der Waals surface area (Å²) in [6, 6.07) is 0.548. The first kappa shape index (κ1) is 17.5. The SMILES string of the molecule is CC(C)(C)OC(=O)N1c2ccc(F)c(F)c2CC1C(=O)OCCl. The van der Waals surface area contributed by atoms with Gasteiger partial charge in [-0.2, -0.15) is 0 Å². The van der Waals surface area contributed by atoms with Crippen LogP contribution in [-0.4, -0.2) is 29.8 Å². The molecule has 1 aromatic rings. The number of rotatable bonds is 2. The second-order valence-corrected chi connectivity index (χ2v) is 6.22. The minimum absolute atomic E-state index is 0.0765. The van der Waals surface area contributed by atoms with Crippen molar-refractivity contribution in [1.29, 1.82) is 0 Å². The van der Waals surface area contributed by atoms with Crippen molar-refractivity contribution in [3.05, 3.63) is 29.3 Å².